The summed E-state index contributed by atoms with van der Waals surface area (Å²) in [5, 5.41) is 10.0. The van der Waals surface area contributed by atoms with Crippen LogP contribution in [0.25, 0.3) is 5.65 Å². The fourth-order valence-electron chi connectivity index (χ4n) is 2.32. The maximum atomic E-state index is 10.0. The van der Waals surface area contributed by atoms with E-state index in [4.69, 9.17) is 4.74 Å². The van der Waals surface area contributed by atoms with E-state index in [1.54, 1.807) is 0 Å². The lowest BCUT2D eigenvalue weighted by Gasteiger charge is -2.14. The maximum absolute atomic E-state index is 10.0. The van der Waals surface area contributed by atoms with E-state index in [9.17, 15) is 5.11 Å². The van der Waals surface area contributed by atoms with Crippen molar-refractivity contribution < 1.29 is 9.84 Å². The molecule has 0 amide bonds. The zero-order chi connectivity index (χ0) is 14.7. The Morgan fingerprint density at radius 2 is 2.00 bits per heavy atom. The van der Waals surface area contributed by atoms with E-state index in [1.807, 2.05) is 66.2 Å². The molecule has 1 N–H and O–H groups in total. The Hall–Kier alpha value is -2.33. The van der Waals surface area contributed by atoms with Gasteiger partial charge in [0.25, 0.3) is 0 Å². The number of aromatic nitrogens is 2. The number of para-hydroxylation sites is 1. The summed E-state index contributed by atoms with van der Waals surface area (Å²) in [5.41, 5.74) is 2.59. The van der Waals surface area contributed by atoms with Crippen LogP contribution in [-0.4, -0.2) is 14.5 Å². The van der Waals surface area contributed by atoms with E-state index in [0.29, 0.717) is 18.8 Å². The largest absolute Gasteiger partial charge is 0.487 e. The first-order chi connectivity index (χ1) is 10.3. The second kappa shape index (κ2) is 5.97. The smallest absolute Gasteiger partial charge is 0.137 e. The van der Waals surface area contributed by atoms with Gasteiger partial charge in [-0.3, -0.25) is 0 Å². The van der Waals surface area contributed by atoms with Crippen molar-refractivity contribution in [1.29, 1.82) is 0 Å². The van der Waals surface area contributed by atoms with Crippen LogP contribution in [0.15, 0.2) is 54.9 Å². The summed E-state index contributed by atoms with van der Waals surface area (Å²) in [4.78, 5) is 4.50. The minimum atomic E-state index is -0.498. The Morgan fingerprint density at radius 3 is 2.81 bits per heavy atom. The van der Waals surface area contributed by atoms with Crippen molar-refractivity contribution in [3.05, 3.63) is 66.1 Å². The highest BCUT2D eigenvalue weighted by Gasteiger charge is 2.11. The van der Waals surface area contributed by atoms with Gasteiger partial charge in [-0.15, -0.1) is 0 Å². The van der Waals surface area contributed by atoms with Gasteiger partial charge >= 0.3 is 0 Å². The third-order valence-corrected chi connectivity index (χ3v) is 3.45. The standard InChI is InChI=1S/C17H18N2O2/c1-2-15(20)14-7-3-4-8-16(14)21-12-13-11-19-10-6-5-9-17(19)18-13/h3-11,15,20H,2,12H2,1H3/t15-/m1/s1. The van der Waals surface area contributed by atoms with Gasteiger partial charge in [0.2, 0.25) is 0 Å². The zero-order valence-corrected chi connectivity index (χ0v) is 11.9. The second-order valence-corrected chi connectivity index (χ2v) is 4.95. The monoisotopic (exact) mass is 282 g/mol. The Labute approximate surface area is 123 Å². The molecule has 21 heavy (non-hydrogen) atoms. The van der Waals surface area contributed by atoms with Crippen LogP contribution in [0.1, 0.15) is 30.7 Å². The highest BCUT2D eigenvalue weighted by molar-refractivity contribution is 5.39. The molecule has 2 heterocycles. The Balaban J connectivity index is 1.78. The average Bonchev–Trinajstić information content (AvgIpc) is 2.95. The Morgan fingerprint density at radius 1 is 1.19 bits per heavy atom. The summed E-state index contributed by atoms with van der Waals surface area (Å²) in [5.74, 6) is 0.712. The van der Waals surface area contributed by atoms with E-state index >= 15 is 0 Å². The van der Waals surface area contributed by atoms with Gasteiger partial charge < -0.3 is 14.2 Å². The molecule has 1 aromatic carbocycles. The SMILES string of the molecule is CC[C@@H](O)c1ccccc1OCc1cn2ccccc2n1. The minimum absolute atomic E-state index is 0.384. The number of hydrogen-bond acceptors (Lipinski definition) is 3. The van der Waals surface area contributed by atoms with Crippen molar-refractivity contribution in [3.63, 3.8) is 0 Å². The molecule has 0 aliphatic rings. The van der Waals surface area contributed by atoms with Gasteiger partial charge in [-0.1, -0.05) is 31.2 Å². The molecule has 3 aromatic rings. The molecule has 0 bridgehead atoms. The summed E-state index contributed by atoms with van der Waals surface area (Å²) in [6.07, 6.45) is 4.08. The number of aliphatic hydroxyl groups is 1. The fourth-order valence-corrected chi connectivity index (χ4v) is 2.32. The van der Waals surface area contributed by atoms with Crippen LogP contribution in [0.4, 0.5) is 0 Å². The van der Waals surface area contributed by atoms with Crippen LogP contribution in [0.5, 0.6) is 5.75 Å². The van der Waals surface area contributed by atoms with Gasteiger partial charge in [-0.05, 0) is 24.6 Å². The molecule has 4 nitrogen and oxygen atoms in total. The van der Waals surface area contributed by atoms with E-state index in [-0.39, 0.29) is 0 Å². The highest BCUT2D eigenvalue weighted by atomic mass is 16.5. The molecule has 0 saturated carbocycles. The second-order valence-electron chi connectivity index (χ2n) is 4.95. The third-order valence-electron chi connectivity index (χ3n) is 3.45. The van der Waals surface area contributed by atoms with Crippen LogP contribution < -0.4 is 4.74 Å². The number of nitrogens with zero attached hydrogens (tertiary/aromatic N) is 2. The number of fused-ring (bicyclic) bond motifs is 1. The molecule has 0 unspecified atom stereocenters. The molecule has 1 atom stereocenters. The predicted molar refractivity (Wildman–Crippen MR) is 81.2 cm³/mol. The van der Waals surface area contributed by atoms with Crippen molar-refractivity contribution in [2.75, 3.05) is 0 Å². The fraction of sp³-hybridized carbons (Fsp3) is 0.235. The molecule has 0 spiro atoms. The summed E-state index contributed by atoms with van der Waals surface area (Å²) >= 11 is 0. The van der Waals surface area contributed by atoms with Gasteiger partial charge in [-0.2, -0.15) is 0 Å². The van der Waals surface area contributed by atoms with Crippen molar-refractivity contribution >= 4 is 5.65 Å². The first-order valence-corrected chi connectivity index (χ1v) is 7.10. The Kier molecular flexibility index (Phi) is 3.88. The number of rotatable bonds is 5. The summed E-state index contributed by atoms with van der Waals surface area (Å²) in [6, 6.07) is 13.5. The van der Waals surface area contributed by atoms with Crippen molar-refractivity contribution in [2.24, 2.45) is 0 Å². The van der Waals surface area contributed by atoms with E-state index in [2.05, 4.69) is 4.98 Å². The molecule has 108 valence electrons. The molecular formula is C17H18N2O2. The van der Waals surface area contributed by atoms with Crippen molar-refractivity contribution in [2.45, 2.75) is 26.1 Å². The first-order valence-electron chi connectivity index (χ1n) is 7.10. The molecule has 0 fully saturated rings. The number of ether oxygens (including phenoxy) is 1. The molecule has 0 aliphatic heterocycles. The number of pyridine rings is 1. The molecule has 0 aliphatic carbocycles. The molecule has 4 heteroatoms. The van der Waals surface area contributed by atoms with E-state index < -0.39 is 6.10 Å². The summed E-state index contributed by atoms with van der Waals surface area (Å²) < 4.78 is 7.80. The van der Waals surface area contributed by atoms with Crippen LogP contribution in [0.3, 0.4) is 0 Å². The van der Waals surface area contributed by atoms with E-state index in [0.717, 1.165) is 16.9 Å². The van der Waals surface area contributed by atoms with Crippen molar-refractivity contribution in [3.8, 4) is 5.75 Å². The number of benzene rings is 1. The predicted octanol–water partition coefficient (Wildman–Crippen LogP) is 3.36. The number of imidazole rings is 1. The maximum Gasteiger partial charge on any atom is 0.137 e. The van der Waals surface area contributed by atoms with Gasteiger partial charge in [-0.25, -0.2) is 4.98 Å². The van der Waals surface area contributed by atoms with Gasteiger partial charge in [0.05, 0.1) is 11.8 Å². The molecule has 2 aromatic heterocycles. The molecule has 0 radical (unpaired) electrons. The van der Waals surface area contributed by atoms with Gasteiger partial charge in [0.1, 0.15) is 18.0 Å². The lowest BCUT2D eigenvalue weighted by Crippen LogP contribution is -2.02. The van der Waals surface area contributed by atoms with Crippen LogP contribution in [0.2, 0.25) is 0 Å². The molecule has 0 saturated heterocycles. The normalized spacial score (nSPS) is 12.5. The zero-order valence-electron chi connectivity index (χ0n) is 11.9. The van der Waals surface area contributed by atoms with E-state index in [1.165, 1.54) is 0 Å². The van der Waals surface area contributed by atoms with Crippen LogP contribution >= 0.6 is 0 Å². The summed E-state index contributed by atoms with van der Waals surface area (Å²) in [7, 11) is 0. The molecular weight excluding hydrogens is 264 g/mol. The van der Waals surface area contributed by atoms with Gasteiger partial charge in [0.15, 0.2) is 0 Å². The lowest BCUT2D eigenvalue weighted by molar-refractivity contribution is 0.166. The Bertz CT molecular complexity index is 703. The van der Waals surface area contributed by atoms with Gasteiger partial charge in [0, 0.05) is 18.0 Å². The first kappa shape index (κ1) is 13.6. The highest BCUT2D eigenvalue weighted by Crippen LogP contribution is 2.27. The molecule has 3 rings (SSSR count). The average molecular weight is 282 g/mol. The topological polar surface area (TPSA) is 46.8 Å². The quantitative estimate of drug-likeness (QED) is 0.780. The minimum Gasteiger partial charge on any atom is -0.487 e. The number of hydrogen-bond donors (Lipinski definition) is 1. The van der Waals surface area contributed by atoms with Crippen LogP contribution in [-0.2, 0) is 6.61 Å². The van der Waals surface area contributed by atoms with Crippen molar-refractivity contribution in [1.82, 2.24) is 9.38 Å². The lowest BCUT2D eigenvalue weighted by atomic mass is 10.1. The van der Waals surface area contributed by atoms with Crippen LogP contribution in [0, 0.1) is 0 Å². The third kappa shape index (κ3) is 2.90. The number of aliphatic hydroxyl groups excluding tert-OH is 1. The summed E-state index contributed by atoms with van der Waals surface area (Å²) in [6.45, 7) is 2.33.